The second kappa shape index (κ2) is 6.17. The molecule has 0 aromatic heterocycles. The third-order valence-electron chi connectivity index (χ3n) is 3.05. The lowest BCUT2D eigenvalue weighted by Gasteiger charge is -2.15. The van der Waals surface area contributed by atoms with Crippen molar-refractivity contribution in [1.29, 1.82) is 0 Å². The molecule has 4 heteroatoms. The van der Waals surface area contributed by atoms with Crippen LogP contribution < -0.4 is 5.73 Å². The van der Waals surface area contributed by atoms with Crippen LogP contribution in [0.25, 0.3) is 0 Å². The molecule has 17 heavy (non-hydrogen) atoms. The molecular weight excluding hydrogens is 234 g/mol. The fraction of sp³-hybridized carbons (Fsp3) is 0.538. The lowest BCUT2D eigenvalue weighted by atomic mass is 9.96. The van der Waals surface area contributed by atoms with Gasteiger partial charge in [-0.1, -0.05) is 36.8 Å². The van der Waals surface area contributed by atoms with Crippen LogP contribution in [-0.2, 0) is 9.84 Å². The van der Waals surface area contributed by atoms with Gasteiger partial charge in [-0.15, -0.1) is 0 Å². The highest BCUT2D eigenvalue weighted by molar-refractivity contribution is 7.91. The third-order valence-corrected chi connectivity index (χ3v) is 4.79. The van der Waals surface area contributed by atoms with Crippen molar-refractivity contribution in [2.24, 2.45) is 5.73 Å². The van der Waals surface area contributed by atoms with Gasteiger partial charge in [0.15, 0.2) is 0 Å². The van der Waals surface area contributed by atoms with Crippen molar-refractivity contribution in [3.63, 3.8) is 0 Å². The molecule has 1 unspecified atom stereocenters. The molecule has 96 valence electrons. The van der Waals surface area contributed by atoms with Crippen LogP contribution >= 0.6 is 0 Å². The number of sulfone groups is 1. The molecule has 0 aliphatic heterocycles. The highest BCUT2D eigenvalue weighted by Gasteiger charge is 2.14. The second-order valence-electron chi connectivity index (χ2n) is 4.37. The minimum atomic E-state index is -2.90. The van der Waals surface area contributed by atoms with Gasteiger partial charge in [0.2, 0.25) is 0 Å². The molecule has 3 nitrogen and oxygen atoms in total. The largest absolute Gasteiger partial charge is 0.330 e. The summed E-state index contributed by atoms with van der Waals surface area (Å²) in [6.07, 6.45) is 0.607. The number of aryl methyl sites for hydroxylation is 1. The van der Waals surface area contributed by atoms with Gasteiger partial charge in [-0.2, -0.15) is 0 Å². The predicted octanol–water partition coefficient (Wildman–Crippen LogP) is 1.86. The molecule has 0 spiro atoms. The quantitative estimate of drug-likeness (QED) is 0.844. The Hall–Kier alpha value is -0.870. The Morgan fingerprint density at radius 1 is 1.24 bits per heavy atom. The first-order chi connectivity index (χ1) is 7.98. The van der Waals surface area contributed by atoms with Crippen LogP contribution in [0.3, 0.4) is 0 Å². The molecule has 0 fully saturated rings. The molecule has 0 amide bonds. The van der Waals surface area contributed by atoms with E-state index >= 15 is 0 Å². The van der Waals surface area contributed by atoms with E-state index < -0.39 is 9.84 Å². The topological polar surface area (TPSA) is 60.2 Å². The fourth-order valence-electron chi connectivity index (χ4n) is 1.73. The van der Waals surface area contributed by atoms with E-state index in [1.807, 2.05) is 31.2 Å². The summed E-state index contributed by atoms with van der Waals surface area (Å²) in [5, 5.41) is 0. The molecule has 0 bridgehead atoms. The zero-order valence-corrected chi connectivity index (χ0v) is 11.3. The molecule has 0 saturated heterocycles. The number of hydrogen-bond donors (Lipinski definition) is 1. The molecule has 1 aromatic carbocycles. The highest BCUT2D eigenvalue weighted by Crippen LogP contribution is 2.19. The number of nitrogens with two attached hydrogens (primary N) is 1. The van der Waals surface area contributed by atoms with Gasteiger partial charge in [0.25, 0.3) is 0 Å². The van der Waals surface area contributed by atoms with Crippen molar-refractivity contribution in [3.8, 4) is 0 Å². The summed E-state index contributed by atoms with van der Waals surface area (Å²) in [7, 11) is -2.90. The molecule has 1 atom stereocenters. The van der Waals surface area contributed by atoms with Crippen LogP contribution in [0.5, 0.6) is 0 Å². The Labute approximate surface area is 104 Å². The zero-order chi connectivity index (χ0) is 12.9. The van der Waals surface area contributed by atoms with Crippen LogP contribution in [0.2, 0.25) is 0 Å². The summed E-state index contributed by atoms with van der Waals surface area (Å²) >= 11 is 0. The average molecular weight is 255 g/mol. The summed E-state index contributed by atoms with van der Waals surface area (Å²) in [4.78, 5) is 0. The van der Waals surface area contributed by atoms with E-state index in [2.05, 4.69) is 0 Å². The Balaban J connectivity index is 2.69. The van der Waals surface area contributed by atoms with Crippen LogP contribution in [0, 0.1) is 6.92 Å². The summed E-state index contributed by atoms with van der Waals surface area (Å²) in [6.45, 7) is 4.20. The summed E-state index contributed by atoms with van der Waals surface area (Å²) in [5.41, 5.74) is 8.05. The summed E-state index contributed by atoms with van der Waals surface area (Å²) < 4.78 is 22.9. The van der Waals surface area contributed by atoms with E-state index in [1.165, 1.54) is 5.56 Å². The van der Waals surface area contributed by atoms with Crippen molar-refractivity contribution in [2.45, 2.75) is 26.2 Å². The summed E-state index contributed by atoms with van der Waals surface area (Å²) in [5.74, 6) is 0.564. The first-order valence-electron chi connectivity index (χ1n) is 5.95. The van der Waals surface area contributed by atoms with Crippen molar-refractivity contribution < 1.29 is 8.42 Å². The van der Waals surface area contributed by atoms with Crippen LogP contribution in [0.1, 0.15) is 30.4 Å². The molecule has 1 rings (SSSR count). The van der Waals surface area contributed by atoms with E-state index in [-0.39, 0.29) is 17.4 Å². The maximum Gasteiger partial charge on any atom is 0.150 e. The average Bonchev–Trinajstić information content (AvgIpc) is 2.32. The van der Waals surface area contributed by atoms with E-state index in [0.717, 1.165) is 5.56 Å². The number of benzene rings is 1. The molecule has 0 aliphatic rings. The minimum Gasteiger partial charge on any atom is -0.330 e. The van der Waals surface area contributed by atoms with Gasteiger partial charge in [-0.25, -0.2) is 8.42 Å². The van der Waals surface area contributed by atoms with Gasteiger partial charge in [0.05, 0.1) is 5.75 Å². The van der Waals surface area contributed by atoms with Crippen molar-refractivity contribution in [3.05, 3.63) is 35.4 Å². The van der Waals surface area contributed by atoms with Crippen LogP contribution in [-0.4, -0.2) is 26.5 Å². The normalized spacial score (nSPS) is 13.6. The van der Waals surface area contributed by atoms with Crippen molar-refractivity contribution >= 4 is 9.84 Å². The maximum absolute atomic E-state index is 11.5. The van der Waals surface area contributed by atoms with Gasteiger partial charge in [-0.3, -0.25) is 0 Å². The monoisotopic (exact) mass is 255 g/mol. The van der Waals surface area contributed by atoms with E-state index in [4.69, 9.17) is 5.73 Å². The molecule has 0 heterocycles. The van der Waals surface area contributed by atoms with E-state index in [1.54, 1.807) is 6.92 Å². The van der Waals surface area contributed by atoms with Gasteiger partial charge in [-0.05, 0) is 31.4 Å². The zero-order valence-electron chi connectivity index (χ0n) is 10.5. The molecule has 0 aliphatic carbocycles. The van der Waals surface area contributed by atoms with Crippen molar-refractivity contribution in [2.75, 3.05) is 18.1 Å². The van der Waals surface area contributed by atoms with Gasteiger partial charge < -0.3 is 5.73 Å². The molecule has 0 radical (unpaired) electrons. The third kappa shape index (κ3) is 4.48. The Morgan fingerprint density at radius 2 is 1.82 bits per heavy atom. The summed E-state index contributed by atoms with van der Waals surface area (Å²) in [6, 6.07) is 8.13. The van der Waals surface area contributed by atoms with Crippen LogP contribution in [0.4, 0.5) is 0 Å². The van der Waals surface area contributed by atoms with Gasteiger partial charge in [0, 0.05) is 5.75 Å². The van der Waals surface area contributed by atoms with E-state index in [0.29, 0.717) is 13.0 Å². The highest BCUT2D eigenvalue weighted by atomic mass is 32.2. The Bertz CT molecular complexity index is 437. The molecular formula is C13H21NO2S. The molecule has 2 N–H and O–H groups in total. The van der Waals surface area contributed by atoms with Crippen molar-refractivity contribution in [1.82, 2.24) is 0 Å². The standard InChI is InChI=1S/C13H21NO2S/c1-3-17(15,16)9-8-13(10-14)12-6-4-11(2)5-7-12/h4-7,13H,3,8-10,14H2,1-2H3. The predicted molar refractivity (Wildman–Crippen MR) is 71.9 cm³/mol. The number of hydrogen-bond acceptors (Lipinski definition) is 3. The smallest absolute Gasteiger partial charge is 0.150 e. The first kappa shape index (κ1) is 14.2. The van der Waals surface area contributed by atoms with E-state index in [9.17, 15) is 8.42 Å². The molecule has 1 aromatic rings. The Morgan fingerprint density at radius 3 is 2.29 bits per heavy atom. The lowest BCUT2D eigenvalue weighted by molar-refractivity contribution is 0.586. The molecule has 0 saturated carbocycles. The van der Waals surface area contributed by atoms with Gasteiger partial charge >= 0.3 is 0 Å². The minimum absolute atomic E-state index is 0.136. The van der Waals surface area contributed by atoms with Crippen LogP contribution in [0.15, 0.2) is 24.3 Å². The van der Waals surface area contributed by atoms with Gasteiger partial charge in [0.1, 0.15) is 9.84 Å². The fourth-order valence-corrected chi connectivity index (χ4v) is 2.66. The second-order valence-corrected chi connectivity index (χ2v) is 6.84. The maximum atomic E-state index is 11.5. The SMILES string of the molecule is CCS(=O)(=O)CCC(CN)c1ccc(C)cc1. The Kier molecular flexibility index (Phi) is 5.15. The first-order valence-corrected chi connectivity index (χ1v) is 7.77. The number of rotatable bonds is 6. The lowest BCUT2D eigenvalue weighted by Crippen LogP contribution is -2.18.